The van der Waals surface area contributed by atoms with Gasteiger partial charge in [0, 0.05) is 31.7 Å². The number of benzene rings is 1. The lowest BCUT2D eigenvalue weighted by Crippen LogP contribution is -2.45. The van der Waals surface area contributed by atoms with Crippen LogP contribution in [0.3, 0.4) is 0 Å². The molecular formula is C17H20F2N2O3. The molecule has 0 unspecified atom stereocenters. The van der Waals surface area contributed by atoms with Gasteiger partial charge in [0.1, 0.15) is 17.7 Å². The van der Waals surface area contributed by atoms with Crippen LogP contribution in [-0.2, 0) is 14.3 Å². The molecule has 0 radical (unpaired) electrons. The quantitative estimate of drug-likeness (QED) is 0.920. The van der Waals surface area contributed by atoms with Gasteiger partial charge in [-0.3, -0.25) is 9.59 Å². The fraction of sp³-hybridized carbons (Fsp3) is 0.529. The molecule has 0 spiro atoms. The van der Waals surface area contributed by atoms with Crippen molar-refractivity contribution in [3.05, 3.63) is 29.8 Å². The third-order valence-corrected chi connectivity index (χ3v) is 4.57. The summed E-state index contributed by atoms with van der Waals surface area (Å²) in [5, 5.41) is 2.50. The first-order chi connectivity index (χ1) is 11.5. The van der Waals surface area contributed by atoms with Gasteiger partial charge in [0.25, 0.3) is 5.91 Å². The van der Waals surface area contributed by atoms with E-state index < -0.39 is 11.6 Å². The zero-order valence-electron chi connectivity index (χ0n) is 13.3. The monoisotopic (exact) mass is 338 g/mol. The minimum absolute atomic E-state index is 0.00376. The Kier molecular flexibility index (Phi) is 5.08. The van der Waals surface area contributed by atoms with Crippen molar-refractivity contribution in [3.63, 3.8) is 0 Å². The summed E-state index contributed by atoms with van der Waals surface area (Å²) in [6.45, 7) is 1.60. The van der Waals surface area contributed by atoms with E-state index in [4.69, 9.17) is 4.74 Å². The first-order valence-corrected chi connectivity index (χ1v) is 8.21. The molecule has 0 aliphatic carbocycles. The number of amides is 2. The van der Waals surface area contributed by atoms with Crippen LogP contribution in [0.4, 0.5) is 14.5 Å². The van der Waals surface area contributed by atoms with E-state index in [0.29, 0.717) is 32.5 Å². The van der Waals surface area contributed by atoms with Crippen molar-refractivity contribution in [2.45, 2.75) is 31.8 Å². The van der Waals surface area contributed by atoms with Gasteiger partial charge in [-0.25, -0.2) is 8.78 Å². The summed E-state index contributed by atoms with van der Waals surface area (Å²) < 4.78 is 31.9. The van der Waals surface area contributed by atoms with E-state index in [0.717, 1.165) is 25.0 Å². The number of carbonyl (C=O) groups is 2. The Balaban J connectivity index is 1.52. The van der Waals surface area contributed by atoms with E-state index in [1.165, 1.54) is 6.07 Å². The lowest BCUT2D eigenvalue weighted by Gasteiger charge is -2.32. The van der Waals surface area contributed by atoms with Gasteiger partial charge in [0.05, 0.1) is 5.69 Å². The standard InChI is InChI=1S/C17H20F2N2O3/c18-12-3-4-14(13(19)10-12)20-16(22)11-5-7-21(8-6-11)17(23)15-2-1-9-24-15/h3-4,10-11,15H,1-2,5-9H2,(H,20,22)/t15-/m1/s1. The third-order valence-electron chi connectivity index (χ3n) is 4.57. The molecule has 2 fully saturated rings. The summed E-state index contributed by atoms with van der Waals surface area (Å²) in [6, 6.07) is 3.04. The number of hydrogen-bond donors (Lipinski definition) is 1. The predicted molar refractivity (Wildman–Crippen MR) is 83.3 cm³/mol. The van der Waals surface area contributed by atoms with Gasteiger partial charge in [-0.05, 0) is 37.8 Å². The van der Waals surface area contributed by atoms with Crippen molar-refractivity contribution in [2.24, 2.45) is 5.92 Å². The summed E-state index contributed by atoms with van der Waals surface area (Å²) >= 11 is 0. The first kappa shape index (κ1) is 16.8. The van der Waals surface area contributed by atoms with Gasteiger partial charge >= 0.3 is 0 Å². The molecule has 1 aromatic carbocycles. The molecule has 2 amide bonds. The fourth-order valence-corrected chi connectivity index (χ4v) is 3.16. The zero-order chi connectivity index (χ0) is 17.1. The Bertz CT molecular complexity index is 624. The van der Waals surface area contributed by atoms with Crippen molar-refractivity contribution in [1.29, 1.82) is 0 Å². The van der Waals surface area contributed by atoms with Crippen LogP contribution in [0.25, 0.3) is 0 Å². The molecular weight excluding hydrogens is 318 g/mol. The van der Waals surface area contributed by atoms with Crippen LogP contribution in [0.5, 0.6) is 0 Å². The number of halogens is 2. The maximum absolute atomic E-state index is 13.6. The molecule has 0 bridgehead atoms. The summed E-state index contributed by atoms with van der Waals surface area (Å²) in [6.07, 6.45) is 2.35. The van der Waals surface area contributed by atoms with Crippen molar-refractivity contribution in [2.75, 3.05) is 25.0 Å². The van der Waals surface area contributed by atoms with Crippen LogP contribution in [0.1, 0.15) is 25.7 Å². The normalized spacial score (nSPS) is 21.8. The number of ether oxygens (including phenoxy) is 1. The van der Waals surface area contributed by atoms with E-state index in [1.54, 1.807) is 4.90 Å². The van der Waals surface area contributed by atoms with Gasteiger partial charge in [0.15, 0.2) is 0 Å². The highest BCUT2D eigenvalue weighted by Gasteiger charge is 2.32. The van der Waals surface area contributed by atoms with Gasteiger partial charge in [-0.15, -0.1) is 0 Å². The number of hydrogen-bond acceptors (Lipinski definition) is 3. The van der Waals surface area contributed by atoms with Crippen molar-refractivity contribution in [1.82, 2.24) is 4.90 Å². The van der Waals surface area contributed by atoms with E-state index in [2.05, 4.69) is 5.32 Å². The molecule has 1 atom stereocenters. The second-order valence-electron chi connectivity index (χ2n) is 6.21. The molecule has 5 nitrogen and oxygen atoms in total. The summed E-state index contributed by atoms with van der Waals surface area (Å²) in [7, 11) is 0. The van der Waals surface area contributed by atoms with E-state index in [1.807, 2.05) is 0 Å². The average Bonchev–Trinajstić information content (AvgIpc) is 3.11. The molecule has 7 heteroatoms. The average molecular weight is 338 g/mol. The highest BCUT2D eigenvalue weighted by Crippen LogP contribution is 2.23. The van der Waals surface area contributed by atoms with Crippen LogP contribution >= 0.6 is 0 Å². The minimum atomic E-state index is -0.797. The molecule has 2 aliphatic heterocycles. The van der Waals surface area contributed by atoms with E-state index >= 15 is 0 Å². The van der Waals surface area contributed by atoms with E-state index in [-0.39, 0.29) is 29.5 Å². The molecule has 2 saturated heterocycles. The number of rotatable bonds is 3. The molecule has 1 N–H and O–H groups in total. The van der Waals surface area contributed by atoms with Crippen LogP contribution in [-0.4, -0.2) is 42.5 Å². The Morgan fingerprint density at radius 3 is 2.54 bits per heavy atom. The molecule has 0 saturated carbocycles. The molecule has 130 valence electrons. The highest BCUT2D eigenvalue weighted by atomic mass is 19.1. The van der Waals surface area contributed by atoms with Gasteiger partial charge < -0.3 is 15.0 Å². The molecule has 24 heavy (non-hydrogen) atoms. The largest absolute Gasteiger partial charge is 0.368 e. The molecule has 1 aromatic rings. The Morgan fingerprint density at radius 1 is 1.17 bits per heavy atom. The number of nitrogens with zero attached hydrogens (tertiary/aromatic N) is 1. The smallest absolute Gasteiger partial charge is 0.251 e. The summed E-state index contributed by atoms with van der Waals surface area (Å²) in [5.41, 5.74) is -0.0285. The lowest BCUT2D eigenvalue weighted by molar-refractivity contribution is -0.143. The van der Waals surface area contributed by atoms with Crippen LogP contribution in [0.15, 0.2) is 18.2 Å². The second-order valence-corrected chi connectivity index (χ2v) is 6.21. The number of likely N-dealkylation sites (tertiary alicyclic amines) is 1. The van der Waals surface area contributed by atoms with E-state index in [9.17, 15) is 18.4 Å². The summed E-state index contributed by atoms with van der Waals surface area (Å²) in [4.78, 5) is 26.2. The van der Waals surface area contributed by atoms with Gasteiger partial charge in [-0.1, -0.05) is 0 Å². The Labute approximate surface area is 139 Å². The molecule has 2 heterocycles. The zero-order valence-corrected chi connectivity index (χ0v) is 13.3. The van der Waals surface area contributed by atoms with Crippen LogP contribution in [0, 0.1) is 17.6 Å². The van der Waals surface area contributed by atoms with Crippen LogP contribution < -0.4 is 5.32 Å². The fourth-order valence-electron chi connectivity index (χ4n) is 3.16. The van der Waals surface area contributed by atoms with Crippen LogP contribution in [0.2, 0.25) is 0 Å². The SMILES string of the molecule is O=C(Nc1ccc(F)cc1F)C1CCN(C(=O)[C@H]2CCCO2)CC1. The second kappa shape index (κ2) is 7.25. The van der Waals surface area contributed by atoms with Gasteiger partial charge in [-0.2, -0.15) is 0 Å². The Hall–Kier alpha value is -2.02. The lowest BCUT2D eigenvalue weighted by atomic mass is 9.95. The maximum Gasteiger partial charge on any atom is 0.251 e. The number of anilines is 1. The number of carbonyl (C=O) groups excluding carboxylic acids is 2. The summed E-state index contributed by atoms with van der Waals surface area (Å²) in [5.74, 6) is -2.08. The topological polar surface area (TPSA) is 58.6 Å². The van der Waals surface area contributed by atoms with Crippen molar-refractivity contribution in [3.8, 4) is 0 Å². The molecule has 2 aliphatic rings. The van der Waals surface area contributed by atoms with Crippen molar-refractivity contribution >= 4 is 17.5 Å². The van der Waals surface area contributed by atoms with Crippen molar-refractivity contribution < 1.29 is 23.1 Å². The predicted octanol–water partition coefficient (Wildman–Crippen LogP) is 2.32. The number of nitrogens with one attached hydrogen (secondary N) is 1. The Morgan fingerprint density at radius 2 is 1.92 bits per heavy atom. The molecule has 0 aromatic heterocycles. The first-order valence-electron chi connectivity index (χ1n) is 8.21. The van der Waals surface area contributed by atoms with Gasteiger partial charge in [0.2, 0.25) is 5.91 Å². The third kappa shape index (κ3) is 3.72. The minimum Gasteiger partial charge on any atom is -0.368 e. The maximum atomic E-state index is 13.6. The molecule has 3 rings (SSSR count). The highest BCUT2D eigenvalue weighted by molar-refractivity contribution is 5.93. The number of piperidine rings is 1.